The molecule has 3 aliphatic rings. The fourth-order valence-electron chi connectivity index (χ4n) is 7.72. The van der Waals surface area contributed by atoms with Crippen LogP contribution in [0.1, 0.15) is 128 Å². The molecule has 0 bridgehead atoms. The first-order valence-corrected chi connectivity index (χ1v) is 19.7. The van der Waals surface area contributed by atoms with E-state index in [1.54, 1.807) is 13.8 Å². The number of phenolic OH excluding ortho intramolecular Hbond substituents is 2. The molecule has 17 nitrogen and oxygen atoms in total. The number of Topliss-reactive ketones (excluding diaryl/α,β-unsaturated/α-hetero) is 3. The fourth-order valence-corrected chi connectivity index (χ4v) is 7.72. The van der Waals surface area contributed by atoms with Gasteiger partial charge >= 0.3 is 5.97 Å². The molecule has 59 heavy (non-hydrogen) atoms. The summed E-state index contributed by atoms with van der Waals surface area (Å²) in [5.41, 5.74) is 1.81. The molecule has 0 spiro atoms. The largest absolute Gasteiger partial charge is 0.507 e. The quantitative estimate of drug-likeness (QED) is 0.0609. The molecule has 320 valence electrons. The zero-order chi connectivity index (χ0) is 43.3. The van der Waals surface area contributed by atoms with Gasteiger partial charge in [0.05, 0.1) is 42.1 Å². The van der Waals surface area contributed by atoms with E-state index in [4.69, 9.17) is 24.7 Å². The van der Waals surface area contributed by atoms with Crippen molar-refractivity contribution in [3.8, 4) is 17.2 Å². The first kappa shape index (κ1) is 45.0. The lowest BCUT2D eigenvalue weighted by atomic mass is 9.72. The van der Waals surface area contributed by atoms with Crippen molar-refractivity contribution in [1.29, 1.82) is 0 Å². The predicted octanol–water partition coefficient (Wildman–Crippen LogP) is 2.19. The zero-order valence-corrected chi connectivity index (χ0v) is 33.5. The van der Waals surface area contributed by atoms with E-state index in [1.165, 1.54) is 25.3 Å². The van der Waals surface area contributed by atoms with Crippen LogP contribution < -0.4 is 15.8 Å². The van der Waals surface area contributed by atoms with Crippen LogP contribution in [-0.2, 0) is 44.6 Å². The topological polar surface area (TPSA) is 275 Å². The van der Waals surface area contributed by atoms with Crippen molar-refractivity contribution in [2.24, 2.45) is 11.7 Å². The maximum absolute atomic E-state index is 13.9. The predicted molar refractivity (Wildman–Crippen MR) is 206 cm³/mol. The molecule has 17 heteroatoms. The van der Waals surface area contributed by atoms with Gasteiger partial charge in [0.15, 0.2) is 18.7 Å². The molecular formula is C42H52N2O15. The number of nitrogens with two attached hydrogens (primary N) is 1. The molecule has 1 fully saturated rings. The number of aromatic hydroxyl groups is 2. The van der Waals surface area contributed by atoms with E-state index < -0.39 is 114 Å². The number of aliphatic hydroxyl groups excluding tert-OH is 1. The summed E-state index contributed by atoms with van der Waals surface area (Å²) in [4.78, 5) is 89.9. The lowest BCUT2D eigenvalue weighted by Gasteiger charge is -2.42. The van der Waals surface area contributed by atoms with Crippen LogP contribution in [0.25, 0.3) is 0 Å². The molecule has 0 aromatic heterocycles. The number of unbranched alkanes of at least 4 members (excludes halogenated alkanes) is 2. The van der Waals surface area contributed by atoms with Crippen molar-refractivity contribution in [1.82, 2.24) is 5.32 Å². The highest BCUT2D eigenvalue weighted by molar-refractivity contribution is 6.31. The van der Waals surface area contributed by atoms with Gasteiger partial charge in [-0.25, -0.2) is 0 Å². The lowest BCUT2D eigenvalue weighted by Crippen LogP contribution is -2.53. The van der Waals surface area contributed by atoms with E-state index in [9.17, 15) is 54.0 Å². The molecule has 2 aliphatic carbocycles. The number of benzene rings is 2. The molecule has 7 N–H and O–H groups in total. The number of ether oxygens (including phenoxy) is 4. The molecule has 7 atom stereocenters. The number of esters is 1. The minimum absolute atomic E-state index is 0.0214. The number of nitrogens with one attached hydrogen (secondary N) is 1. The van der Waals surface area contributed by atoms with E-state index in [1.807, 2.05) is 6.92 Å². The summed E-state index contributed by atoms with van der Waals surface area (Å²) in [5, 5.41) is 48.0. The van der Waals surface area contributed by atoms with Gasteiger partial charge in [-0.2, -0.15) is 0 Å². The van der Waals surface area contributed by atoms with Crippen LogP contribution in [0.15, 0.2) is 18.2 Å². The average Bonchev–Trinajstić information content (AvgIpc) is 3.19. The van der Waals surface area contributed by atoms with Crippen molar-refractivity contribution in [3.63, 3.8) is 0 Å². The molecular weight excluding hydrogens is 772 g/mol. The van der Waals surface area contributed by atoms with E-state index in [-0.39, 0.29) is 71.2 Å². The number of fused-ring (bicyclic) bond motifs is 3. The molecule has 1 heterocycles. The van der Waals surface area contributed by atoms with Gasteiger partial charge in [-0.3, -0.25) is 33.6 Å². The monoisotopic (exact) mass is 824 g/mol. The van der Waals surface area contributed by atoms with Crippen LogP contribution in [0.3, 0.4) is 0 Å². The number of hydrogen-bond acceptors (Lipinski definition) is 16. The molecule has 1 saturated heterocycles. The van der Waals surface area contributed by atoms with Crippen LogP contribution in [0.5, 0.6) is 17.2 Å². The number of hydrogen-bond donors (Lipinski definition) is 6. The van der Waals surface area contributed by atoms with Gasteiger partial charge in [0.2, 0.25) is 17.5 Å². The summed E-state index contributed by atoms with van der Waals surface area (Å²) in [5.74, 6) is -5.86. The van der Waals surface area contributed by atoms with Gasteiger partial charge in [0, 0.05) is 67.2 Å². The molecule has 2 aromatic rings. The van der Waals surface area contributed by atoms with Gasteiger partial charge in [0.1, 0.15) is 41.0 Å². The minimum Gasteiger partial charge on any atom is -0.507 e. The van der Waals surface area contributed by atoms with Gasteiger partial charge in [-0.15, -0.1) is 0 Å². The number of phenols is 2. The van der Waals surface area contributed by atoms with Gasteiger partial charge < -0.3 is 50.4 Å². The number of methoxy groups -OCH3 is 1. The number of rotatable bonds is 18. The molecule has 1 aliphatic heterocycles. The molecule has 0 saturated carbocycles. The lowest BCUT2D eigenvalue weighted by molar-refractivity contribution is -0.247. The second kappa shape index (κ2) is 18.9. The second-order valence-corrected chi connectivity index (χ2v) is 15.6. The first-order chi connectivity index (χ1) is 27.9. The Labute approximate surface area is 340 Å². The number of carbonyl (C=O) groups excluding carboxylic acids is 7. The normalized spacial score (nSPS) is 23.9. The molecule has 0 radical (unpaired) electrons. The zero-order valence-electron chi connectivity index (χ0n) is 33.5. The Morgan fingerprint density at radius 1 is 1.00 bits per heavy atom. The Hall–Kier alpha value is -5.07. The van der Waals surface area contributed by atoms with Crippen LogP contribution in [0, 0.1) is 5.92 Å². The third-order valence-corrected chi connectivity index (χ3v) is 11.4. The third kappa shape index (κ3) is 9.87. The van der Waals surface area contributed by atoms with E-state index in [2.05, 4.69) is 5.32 Å². The number of amides is 1. The summed E-state index contributed by atoms with van der Waals surface area (Å²) in [6.45, 7) is 3.32. The Morgan fingerprint density at radius 3 is 2.39 bits per heavy atom. The van der Waals surface area contributed by atoms with E-state index >= 15 is 0 Å². The maximum atomic E-state index is 13.9. The molecule has 5 rings (SSSR count). The Bertz CT molecular complexity index is 2000. The number of ketones is 5. The van der Waals surface area contributed by atoms with E-state index in [0.29, 0.717) is 6.42 Å². The Morgan fingerprint density at radius 2 is 1.71 bits per heavy atom. The third-order valence-electron chi connectivity index (χ3n) is 11.4. The summed E-state index contributed by atoms with van der Waals surface area (Å²) < 4.78 is 22.3. The van der Waals surface area contributed by atoms with Crippen LogP contribution in [-0.4, -0.2) is 112 Å². The number of aliphatic hydroxyl groups is 2. The summed E-state index contributed by atoms with van der Waals surface area (Å²) in [6.07, 6.45) is -2.85. The first-order valence-electron chi connectivity index (χ1n) is 19.7. The molecule has 1 amide bonds. The minimum atomic E-state index is -2.45. The summed E-state index contributed by atoms with van der Waals surface area (Å²) in [6, 6.07) is 3.46. The van der Waals surface area contributed by atoms with Gasteiger partial charge in [-0.1, -0.05) is 31.9 Å². The average molecular weight is 825 g/mol. The SMILES string of the molecule is COc1cccc2c1C(=O)c1c(O)c3c(c(O)c1C2=O)C[C@@](O)(C(=O)COC(=O)CNC(=O)CCC(=O)CCCCC[C@@H](C)C(C)=O)C[C@H]3OC1CC(N)C(O)C(C)O1. The van der Waals surface area contributed by atoms with Crippen molar-refractivity contribution >= 4 is 40.8 Å². The maximum Gasteiger partial charge on any atom is 0.325 e. The smallest absolute Gasteiger partial charge is 0.325 e. The van der Waals surface area contributed by atoms with Crippen molar-refractivity contribution < 1.29 is 72.9 Å². The molecule has 2 aromatic carbocycles. The standard InChI is InChI=1S/C42H52N2O15/c1-20(21(2)45)9-6-5-7-10-23(46)13-14-30(48)44-18-31(49)57-19-29(47)42(55)16-25-34(28(17-42)59-32-15-26(43)37(50)22(3)58-32)41(54)36-35(39(25)52)38(51)24-11-8-12-27(56-4)33(24)40(36)53/h8,11-12,20,22,26,28,32,37,50,52,54-55H,5-7,9-10,13-19,43H2,1-4H3,(H,44,48)/t20-,22?,26?,28-,32?,37?,42+/m1/s1. The Balaban J connectivity index is 1.27. The highest BCUT2D eigenvalue weighted by Gasteiger charge is 2.50. The van der Waals surface area contributed by atoms with Crippen LogP contribution >= 0.6 is 0 Å². The van der Waals surface area contributed by atoms with Crippen molar-refractivity contribution in [2.75, 3.05) is 20.3 Å². The highest BCUT2D eigenvalue weighted by Crippen LogP contribution is 2.52. The van der Waals surface area contributed by atoms with Crippen LogP contribution in [0.4, 0.5) is 0 Å². The van der Waals surface area contributed by atoms with E-state index in [0.717, 1.165) is 19.3 Å². The van der Waals surface area contributed by atoms with Gasteiger partial charge in [-0.05, 0) is 32.8 Å². The molecule has 4 unspecified atom stereocenters. The summed E-state index contributed by atoms with van der Waals surface area (Å²) >= 11 is 0. The van der Waals surface area contributed by atoms with Gasteiger partial charge in [0.25, 0.3) is 0 Å². The second-order valence-electron chi connectivity index (χ2n) is 15.6. The van der Waals surface area contributed by atoms with Crippen LogP contribution in [0.2, 0.25) is 0 Å². The fraction of sp³-hybridized carbons (Fsp3) is 0.548. The Kier molecular flexibility index (Phi) is 14.4. The summed E-state index contributed by atoms with van der Waals surface area (Å²) in [7, 11) is 1.30. The highest BCUT2D eigenvalue weighted by atomic mass is 16.7. The number of carbonyl (C=O) groups is 7. The van der Waals surface area contributed by atoms with Crippen molar-refractivity contribution in [2.45, 2.75) is 121 Å². The van der Waals surface area contributed by atoms with Crippen molar-refractivity contribution in [3.05, 3.63) is 51.6 Å².